The Morgan fingerprint density at radius 2 is 1.69 bits per heavy atom. The van der Waals surface area contributed by atoms with Crippen molar-refractivity contribution < 1.29 is 23.4 Å². The molecule has 3 nitrogen and oxygen atoms in total. The molecule has 3 rings (SSSR count). The Hall–Kier alpha value is -1.09. The van der Waals surface area contributed by atoms with Crippen molar-refractivity contribution in [3.63, 3.8) is 0 Å². The molecule has 0 aliphatic heterocycles. The molecule has 2 N–H and O–H groups in total. The minimum atomic E-state index is -4.74. The SMILES string of the molecule is OC(CBr)c1cc(C(O)c2ccc(Cl)c(Cl)c2)nc2c(C(F)(F)F)cc(Cl)cc12. The minimum absolute atomic E-state index is 0.0434. The van der Waals surface area contributed by atoms with Crippen LogP contribution < -0.4 is 0 Å². The Balaban J connectivity index is 2.30. The number of hydrogen-bond acceptors (Lipinski definition) is 3. The van der Waals surface area contributed by atoms with Gasteiger partial charge in [-0.1, -0.05) is 56.8 Å². The van der Waals surface area contributed by atoms with Gasteiger partial charge in [0.15, 0.2) is 0 Å². The number of pyridine rings is 1. The van der Waals surface area contributed by atoms with Crippen LogP contribution in [0.5, 0.6) is 0 Å². The van der Waals surface area contributed by atoms with E-state index in [4.69, 9.17) is 34.8 Å². The third-order valence-corrected chi connectivity index (χ3v) is 5.85. The molecule has 0 bridgehead atoms. The van der Waals surface area contributed by atoms with Crippen LogP contribution >= 0.6 is 50.7 Å². The van der Waals surface area contributed by atoms with E-state index < -0.39 is 29.5 Å². The number of halogens is 7. The van der Waals surface area contributed by atoms with E-state index in [1.807, 2.05) is 0 Å². The number of aliphatic hydroxyl groups excluding tert-OH is 2. The number of rotatable bonds is 4. The second kappa shape index (κ2) is 8.57. The third-order valence-electron chi connectivity index (χ3n) is 4.28. The summed E-state index contributed by atoms with van der Waals surface area (Å²) >= 11 is 20.8. The van der Waals surface area contributed by atoms with Crippen LogP contribution in [0, 0.1) is 0 Å². The standard InChI is InChI=1S/C19H12BrCl3F3NO2/c20-7-16(28)10-6-15(18(29)8-1-2-13(22)14(23)3-8)27-17-11(10)4-9(21)5-12(17)19(24,25)26/h1-6,16,18,28-29H,7H2. The lowest BCUT2D eigenvalue weighted by Crippen LogP contribution is -2.12. The zero-order valence-corrected chi connectivity index (χ0v) is 18.2. The molecule has 10 heteroatoms. The Morgan fingerprint density at radius 3 is 2.28 bits per heavy atom. The second-order valence-electron chi connectivity index (χ2n) is 6.23. The molecule has 0 amide bonds. The Kier molecular flexibility index (Phi) is 6.68. The summed E-state index contributed by atoms with van der Waals surface area (Å²) < 4.78 is 40.8. The van der Waals surface area contributed by atoms with Gasteiger partial charge in [0.2, 0.25) is 0 Å². The van der Waals surface area contributed by atoms with Crippen molar-refractivity contribution in [2.45, 2.75) is 18.4 Å². The molecule has 0 aliphatic carbocycles. The zero-order valence-electron chi connectivity index (χ0n) is 14.3. The maximum Gasteiger partial charge on any atom is 0.418 e. The lowest BCUT2D eigenvalue weighted by molar-refractivity contribution is -0.136. The van der Waals surface area contributed by atoms with Crippen LogP contribution in [-0.4, -0.2) is 20.5 Å². The summed E-state index contributed by atoms with van der Waals surface area (Å²) in [5, 5.41) is 21.5. The van der Waals surface area contributed by atoms with E-state index in [-0.39, 0.29) is 42.6 Å². The number of hydrogen-bond donors (Lipinski definition) is 2. The van der Waals surface area contributed by atoms with E-state index in [0.29, 0.717) is 0 Å². The number of aromatic nitrogens is 1. The molecular weight excluding hydrogens is 517 g/mol. The van der Waals surface area contributed by atoms with Crippen LogP contribution in [0.1, 0.15) is 34.6 Å². The molecule has 0 spiro atoms. The average Bonchev–Trinajstić information content (AvgIpc) is 2.66. The van der Waals surface area contributed by atoms with Gasteiger partial charge >= 0.3 is 6.18 Å². The zero-order chi connectivity index (χ0) is 21.5. The maximum atomic E-state index is 13.6. The first kappa shape index (κ1) is 22.6. The van der Waals surface area contributed by atoms with Gasteiger partial charge in [-0.05, 0) is 41.5 Å². The number of alkyl halides is 4. The normalized spacial score (nSPS) is 14.2. The van der Waals surface area contributed by atoms with Crippen molar-refractivity contribution in [1.29, 1.82) is 0 Å². The molecule has 2 unspecified atom stereocenters. The molecule has 2 atom stereocenters. The summed E-state index contributed by atoms with van der Waals surface area (Å²) in [6, 6.07) is 7.74. The van der Waals surface area contributed by atoms with Gasteiger partial charge in [0.25, 0.3) is 0 Å². The van der Waals surface area contributed by atoms with Crippen LogP contribution in [0.25, 0.3) is 10.9 Å². The summed E-state index contributed by atoms with van der Waals surface area (Å²) in [4.78, 5) is 4.06. The quantitative estimate of drug-likeness (QED) is 0.369. The van der Waals surface area contributed by atoms with Gasteiger partial charge in [-0.25, -0.2) is 4.98 Å². The van der Waals surface area contributed by atoms with Gasteiger partial charge in [-0.3, -0.25) is 0 Å². The predicted molar refractivity (Wildman–Crippen MR) is 111 cm³/mol. The Bertz CT molecular complexity index is 1080. The van der Waals surface area contributed by atoms with E-state index in [1.54, 1.807) is 0 Å². The molecule has 154 valence electrons. The molecule has 0 saturated heterocycles. The molecule has 0 saturated carbocycles. The van der Waals surface area contributed by atoms with E-state index in [1.165, 1.54) is 30.3 Å². The van der Waals surface area contributed by atoms with Gasteiger partial charge in [-0.2, -0.15) is 13.2 Å². The number of aliphatic hydroxyl groups is 2. The Morgan fingerprint density at radius 1 is 1.00 bits per heavy atom. The summed E-state index contributed by atoms with van der Waals surface area (Å²) in [5.41, 5.74) is -1.14. The van der Waals surface area contributed by atoms with E-state index >= 15 is 0 Å². The highest BCUT2D eigenvalue weighted by molar-refractivity contribution is 9.09. The van der Waals surface area contributed by atoms with Crippen molar-refractivity contribution in [2.75, 3.05) is 5.33 Å². The predicted octanol–water partition coefficient (Wildman–Crippen LogP) is 6.72. The summed E-state index contributed by atoms with van der Waals surface area (Å²) in [7, 11) is 0. The van der Waals surface area contributed by atoms with Crippen molar-refractivity contribution in [3.05, 3.63) is 73.9 Å². The van der Waals surface area contributed by atoms with Crippen LogP contribution in [-0.2, 0) is 6.18 Å². The first-order chi connectivity index (χ1) is 13.5. The monoisotopic (exact) mass is 527 g/mol. The fourth-order valence-corrected chi connectivity index (χ4v) is 3.78. The van der Waals surface area contributed by atoms with E-state index in [0.717, 1.165) is 6.07 Å². The minimum Gasteiger partial charge on any atom is -0.388 e. The summed E-state index contributed by atoms with van der Waals surface area (Å²) in [5.74, 6) is 0. The molecule has 0 radical (unpaired) electrons. The highest BCUT2D eigenvalue weighted by atomic mass is 79.9. The van der Waals surface area contributed by atoms with Crippen molar-refractivity contribution in [3.8, 4) is 0 Å². The van der Waals surface area contributed by atoms with Gasteiger partial charge < -0.3 is 10.2 Å². The average molecular weight is 530 g/mol. The van der Waals surface area contributed by atoms with E-state index in [2.05, 4.69) is 20.9 Å². The van der Waals surface area contributed by atoms with E-state index in [9.17, 15) is 23.4 Å². The molecule has 29 heavy (non-hydrogen) atoms. The highest BCUT2D eigenvalue weighted by Crippen LogP contribution is 2.40. The molecule has 1 aromatic heterocycles. The smallest absolute Gasteiger partial charge is 0.388 e. The topological polar surface area (TPSA) is 53.4 Å². The van der Waals surface area contributed by atoms with Gasteiger partial charge in [0.05, 0.1) is 32.9 Å². The van der Waals surface area contributed by atoms with Crippen LogP contribution in [0.2, 0.25) is 15.1 Å². The second-order valence-corrected chi connectivity index (χ2v) is 8.13. The number of fused-ring (bicyclic) bond motifs is 1. The largest absolute Gasteiger partial charge is 0.418 e. The summed E-state index contributed by atoms with van der Waals surface area (Å²) in [6.45, 7) is 0. The van der Waals surface area contributed by atoms with Gasteiger partial charge in [0, 0.05) is 15.7 Å². The van der Waals surface area contributed by atoms with Crippen LogP contribution in [0.3, 0.4) is 0 Å². The van der Waals surface area contributed by atoms with Crippen LogP contribution in [0.15, 0.2) is 36.4 Å². The highest BCUT2D eigenvalue weighted by Gasteiger charge is 2.35. The Labute approximate surface area is 187 Å². The number of benzene rings is 2. The van der Waals surface area contributed by atoms with Gasteiger partial charge in [-0.15, -0.1) is 0 Å². The third kappa shape index (κ3) is 4.65. The first-order valence-electron chi connectivity index (χ1n) is 8.11. The van der Waals surface area contributed by atoms with Crippen LogP contribution in [0.4, 0.5) is 13.2 Å². The summed E-state index contributed by atoms with van der Waals surface area (Å²) in [6.07, 6.45) is -7.29. The molecule has 1 heterocycles. The first-order valence-corrected chi connectivity index (χ1v) is 10.4. The van der Waals surface area contributed by atoms with Crippen molar-refractivity contribution in [1.82, 2.24) is 4.98 Å². The lowest BCUT2D eigenvalue weighted by atomic mass is 9.97. The lowest BCUT2D eigenvalue weighted by Gasteiger charge is -2.19. The molecule has 0 fully saturated rings. The number of nitrogens with zero attached hydrogens (tertiary/aromatic N) is 1. The van der Waals surface area contributed by atoms with Gasteiger partial charge in [0.1, 0.15) is 6.10 Å². The van der Waals surface area contributed by atoms with Crippen molar-refractivity contribution >= 4 is 61.6 Å². The molecule has 3 aromatic rings. The molecular formula is C19H12BrCl3F3NO2. The fraction of sp³-hybridized carbons (Fsp3) is 0.211. The van der Waals surface area contributed by atoms with Crippen molar-refractivity contribution in [2.24, 2.45) is 0 Å². The molecule has 2 aromatic carbocycles. The molecule has 0 aliphatic rings. The maximum absolute atomic E-state index is 13.6. The fourth-order valence-electron chi connectivity index (χ4n) is 2.91.